The maximum absolute atomic E-state index is 12.0. The second-order valence-corrected chi connectivity index (χ2v) is 6.36. The van der Waals surface area contributed by atoms with Gasteiger partial charge in [-0.15, -0.1) is 0 Å². The first-order valence-corrected chi connectivity index (χ1v) is 7.19. The van der Waals surface area contributed by atoms with Gasteiger partial charge in [0, 0.05) is 30.5 Å². The number of rotatable bonds is 5. The summed E-state index contributed by atoms with van der Waals surface area (Å²) < 4.78 is 28.4. The molecule has 0 bridgehead atoms. The summed E-state index contributed by atoms with van der Waals surface area (Å²) in [4.78, 5) is 0.278. The van der Waals surface area contributed by atoms with Gasteiger partial charge in [0.15, 0.2) is 0 Å². The molecule has 1 aromatic heterocycles. The summed E-state index contributed by atoms with van der Waals surface area (Å²) in [6.07, 6.45) is 1.64. The molecule has 98 valence electrons. The number of hydrogen-bond donors (Lipinski definition) is 2. The third-order valence-electron chi connectivity index (χ3n) is 2.37. The van der Waals surface area contributed by atoms with Crippen molar-refractivity contribution in [1.29, 1.82) is 0 Å². The summed E-state index contributed by atoms with van der Waals surface area (Å²) in [5.74, 6) is 0. The highest BCUT2D eigenvalue weighted by atomic mass is 32.2. The van der Waals surface area contributed by atoms with Crippen LogP contribution in [0.3, 0.4) is 0 Å². The van der Waals surface area contributed by atoms with Gasteiger partial charge in [-0.3, -0.25) is 0 Å². The first-order chi connectivity index (χ1) is 7.77. The Morgan fingerprint density at radius 3 is 2.29 bits per heavy atom. The van der Waals surface area contributed by atoms with Gasteiger partial charge in [-0.1, -0.05) is 0 Å². The topological polar surface area (TPSA) is 77.1 Å². The minimum atomic E-state index is -3.43. The number of hydrogen-bond acceptors (Lipinski definition) is 3. The van der Waals surface area contributed by atoms with Crippen molar-refractivity contribution in [2.24, 2.45) is 5.73 Å². The van der Waals surface area contributed by atoms with E-state index in [0.29, 0.717) is 6.54 Å². The number of nitrogens with two attached hydrogens (primary N) is 1. The van der Waals surface area contributed by atoms with Crippen molar-refractivity contribution >= 4 is 10.0 Å². The van der Waals surface area contributed by atoms with E-state index >= 15 is 0 Å². The van der Waals surface area contributed by atoms with Gasteiger partial charge in [0.1, 0.15) is 0 Å². The zero-order valence-corrected chi connectivity index (χ0v) is 11.6. The molecule has 5 nitrogen and oxygen atoms in total. The molecular weight excluding hydrogens is 238 g/mol. The lowest BCUT2D eigenvalue weighted by molar-refractivity contribution is 0.563. The molecule has 0 saturated heterocycles. The summed E-state index contributed by atoms with van der Waals surface area (Å²) in [6.45, 7) is 7.90. The smallest absolute Gasteiger partial charge is 0.242 e. The summed E-state index contributed by atoms with van der Waals surface area (Å²) in [6, 6.07) is 1.70. The Morgan fingerprint density at radius 1 is 1.35 bits per heavy atom. The van der Waals surface area contributed by atoms with E-state index in [4.69, 9.17) is 5.73 Å². The van der Waals surface area contributed by atoms with E-state index in [0.717, 1.165) is 5.69 Å². The van der Waals surface area contributed by atoms with E-state index in [9.17, 15) is 8.42 Å². The van der Waals surface area contributed by atoms with E-state index in [2.05, 4.69) is 4.72 Å². The molecule has 0 radical (unpaired) electrons. The van der Waals surface area contributed by atoms with Crippen molar-refractivity contribution in [1.82, 2.24) is 9.29 Å². The fraction of sp³-hybridized carbons (Fsp3) is 0.636. The van der Waals surface area contributed by atoms with Gasteiger partial charge in [0.25, 0.3) is 0 Å². The van der Waals surface area contributed by atoms with E-state index in [1.165, 1.54) is 0 Å². The Hall–Kier alpha value is -0.850. The molecule has 3 N–H and O–H groups in total. The summed E-state index contributed by atoms with van der Waals surface area (Å²) in [5.41, 5.74) is 6.43. The fourth-order valence-electron chi connectivity index (χ4n) is 1.67. The molecule has 0 saturated carbocycles. The molecule has 1 aromatic rings. The van der Waals surface area contributed by atoms with Crippen LogP contribution in [0, 0.1) is 0 Å². The first-order valence-electron chi connectivity index (χ1n) is 5.71. The Labute approximate surface area is 103 Å². The third kappa shape index (κ3) is 3.31. The molecule has 0 fully saturated rings. The number of nitrogens with zero attached hydrogens (tertiary/aromatic N) is 1. The largest absolute Gasteiger partial charge is 0.346 e. The second kappa shape index (κ2) is 5.20. The van der Waals surface area contributed by atoms with Gasteiger partial charge in [0.2, 0.25) is 10.0 Å². The van der Waals surface area contributed by atoms with Crippen LogP contribution >= 0.6 is 0 Å². The predicted molar refractivity (Wildman–Crippen MR) is 68.2 cm³/mol. The highest BCUT2D eigenvalue weighted by Gasteiger charge is 2.19. The van der Waals surface area contributed by atoms with Gasteiger partial charge < -0.3 is 10.3 Å². The molecule has 0 aromatic carbocycles. The molecule has 1 heterocycles. The van der Waals surface area contributed by atoms with E-state index in [-0.39, 0.29) is 17.0 Å². The zero-order chi connectivity index (χ0) is 13.2. The molecule has 0 atom stereocenters. The minimum absolute atomic E-state index is 0.122. The summed E-state index contributed by atoms with van der Waals surface area (Å²) in [7, 11) is -3.43. The maximum Gasteiger partial charge on any atom is 0.242 e. The van der Waals surface area contributed by atoms with Gasteiger partial charge in [-0.2, -0.15) is 0 Å². The quantitative estimate of drug-likeness (QED) is 0.834. The van der Waals surface area contributed by atoms with Crippen molar-refractivity contribution in [3.05, 3.63) is 18.0 Å². The van der Waals surface area contributed by atoms with Crippen molar-refractivity contribution in [2.75, 3.05) is 0 Å². The van der Waals surface area contributed by atoms with Crippen molar-refractivity contribution in [3.8, 4) is 0 Å². The van der Waals surface area contributed by atoms with Crippen molar-refractivity contribution in [2.45, 2.75) is 51.2 Å². The number of aromatic nitrogens is 1. The van der Waals surface area contributed by atoms with E-state index in [1.807, 2.05) is 18.4 Å². The van der Waals surface area contributed by atoms with Gasteiger partial charge in [0.05, 0.1) is 4.90 Å². The van der Waals surface area contributed by atoms with Crippen LogP contribution in [0.1, 0.15) is 39.4 Å². The van der Waals surface area contributed by atoms with E-state index < -0.39 is 10.0 Å². The van der Waals surface area contributed by atoms with Crippen LogP contribution in [0.2, 0.25) is 0 Å². The third-order valence-corrected chi connectivity index (χ3v) is 4.00. The number of sulfonamides is 1. The molecule has 17 heavy (non-hydrogen) atoms. The average Bonchev–Trinajstić information content (AvgIpc) is 2.59. The highest BCUT2D eigenvalue weighted by molar-refractivity contribution is 7.89. The number of nitrogens with one attached hydrogen (secondary N) is 1. The summed E-state index contributed by atoms with van der Waals surface area (Å²) >= 11 is 0. The molecule has 0 aliphatic rings. The van der Waals surface area contributed by atoms with Gasteiger partial charge in [-0.05, 0) is 33.8 Å². The van der Waals surface area contributed by atoms with Crippen LogP contribution < -0.4 is 10.5 Å². The lowest BCUT2D eigenvalue weighted by Crippen LogP contribution is -2.29. The van der Waals surface area contributed by atoms with Gasteiger partial charge >= 0.3 is 0 Å². The molecule has 0 aliphatic carbocycles. The second-order valence-electron chi connectivity index (χ2n) is 4.65. The fourth-order valence-corrected chi connectivity index (χ4v) is 2.97. The predicted octanol–water partition coefficient (Wildman–Crippen LogP) is 1.21. The monoisotopic (exact) mass is 259 g/mol. The molecule has 0 unspecified atom stereocenters. The maximum atomic E-state index is 12.0. The SMILES string of the molecule is CC(C)NS(=O)(=O)c1cc(CN)n(C(C)C)c1. The normalized spacial score (nSPS) is 12.6. The lowest BCUT2D eigenvalue weighted by Gasteiger charge is -2.11. The standard InChI is InChI=1S/C11H21N3O2S/c1-8(2)13-17(15,16)11-5-10(6-12)14(7-11)9(3)4/h5,7-9,13H,6,12H2,1-4H3. The lowest BCUT2D eigenvalue weighted by atomic mass is 10.3. The Balaban J connectivity index is 3.16. The summed E-state index contributed by atoms with van der Waals surface area (Å²) in [5, 5.41) is 0. The van der Waals surface area contributed by atoms with Crippen LogP contribution in [-0.2, 0) is 16.6 Å². The zero-order valence-electron chi connectivity index (χ0n) is 10.8. The molecular formula is C11H21N3O2S. The van der Waals surface area contributed by atoms with Crippen LogP contribution in [0.25, 0.3) is 0 Å². The van der Waals surface area contributed by atoms with Crippen LogP contribution in [-0.4, -0.2) is 19.0 Å². The Bertz CT molecular complexity index is 475. The molecule has 0 amide bonds. The van der Waals surface area contributed by atoms with Crippen LogP contribution in [0.15, 0.2) is 17.2 Å². The molecule has 1 rings (SSSR count). The average molecular weight is 259 g/mol. The Morgan fingerprint density at radius 2 is 1.94 bits per heavy atom. The van der Waals surface area contributed by atoms with Crippen molar-refractivity contribution in [3.63, 3.8) is 0 Å². The molecule has 0 spiro atoms. The van der Waals surface area contributed by atoms with Crippen molar-refractivity contribution < 1.29 is 8.42 Å². The van der Waals surface area contributed by atoms with E-state index in [1.54, 1.807) is 26.1 Å². The molecule has 6 heteroatoms. The Kier molecular flexibility index (Phi) is 4.35. The van der Waals surface area contributed by atoms with Gasteiger partial charge in [-0.25, -0.2) is 13.1 Å². The molecule has 0 aliphatic heterocycles. The highest BCUT2D eigenvalue weighted by Crippen LogP contribution is 2.18. The minimum Gasteiger partial charge on any atom is -0.346 e. The first kappa shape index (κ1) is 14.2. The van der Waals surface area contributed by atoms with Crippen LogP contribution in [0.5, 0.6) is 0 Å². The van der Waals surface area contributed by atoms with Crippen LogP contribution in [0.4, 0.5) is 0 Å².